The molecular weight excluding hydrogens is 268 g/mol. The first-order valence-corrected chi connectivity index (χ1v) is 7.30. The number of hydrogen-bond donors (Lipinski definition) is 1. The second kappa shape index (κ2) is 6.35. The molecule has 1 unspecified atom stereocenters. The number of carbonyl (C=O) groups is 1. The molecule has 1 fully saturated rings. The molecule has 0 aliphatic carbocycles. The van der Waals surface area contributed by atoms with Gasteiger partial charge in [0.2, 0.25) is 5.91 Å². The van der Waals surface area contributed by atoms with Gasteiger partial charge in [0.1, 0.15) is 5.75 Å². The second-order valence-corrected chi connectivity index (χ2v) is 6.10. The smallest absolute Gasteiger partial charge is 0.226 e. The van der Waals surface area contributed by atoms with E-state index in [1.807, 2.05) is 37.8 Å². The van der Waals surface area contributed by atoms with Gasteiger partial charge in [-0.25, -0.2) is 0 Å². The van der Waals surface area contributed by atoms with E-state index in [0.29, 0.717) is 37.6 Å². The Kier molecular flexibility index (Phi) is 4.73. The molecule has 1 atom stereocenters. The number of ether oxygens (including phenoxy) is 2. The van der Waals surface area contributed by atoms with E-state index in [-0.39, 0.29) is 17.6 Å². The van der Waals surface area contributed by atoms with Crippen LogP contribution in [-0.4, -0.2) is 42.2 Å². The van der Waals surface area contributed by atoms with Crippen LogP contribution in [0.2, 0.25) is 0 Å². The van der Waals surface area contributed by atoms with Crippen LogP contribution in [0.5, 0.6) is 5.75 Å². The highest BCUT2D eigenvalue weighted by atomic mass is 16.5. The Morgan fingerprint density at radius 3 is 2.86 bits per heavy atom. The zero-order chi connectivity index (χ0) is 15.5. The number of amides is 1. The lowest BCUT2D eigenvalue weighted by atomic mass is 10.1. The van der Waals surface area contributed by atoms with Crippen molar-refractivity contribution >= 4 is 11.6 Å². The molecule has 1 aliphatic rings. The molecule has 5 heteroatoms. The molecule has 1 aliphatic heterocycles. The van der Waals surface area contributed by atoms with E-state index in [0.717, 1.165) is 0 Å². The number of hydrogen-bond acceptors (Lipinski definition) is 4. The van der Waals surface area contributed by atoms with Gasteiger partial charge in [0.25, 0.3) is 0 Å². The van der Waals surface area contributed by atoms with E-state index < -0.39 is 0 Å². The minimum absolute atomic E-state index is 0.0587. The molecule has 116 valence electrons. The van der Waals surface area contributed by atoms with Crippen LogP contribution >= 0.6 is 0 Å². The topological polar surface area (TPSA) is 64.8 Å². The number of nitrogen functional groups attached to an aromatic ring is 1. The number of benzene rings is 1. The molecule has 5 nitrogen and oxygen atoms in total. The third-order valence-electron chi connectivity index (χ3n) is 3.41. The van der Waals surface area contributed by atoms with Crippen LogP contribution in [-0.2, 0) is 9.53 Å². The first-order chi connectivity index (χ1) is 9.87. The van der Waals surface area contributed by atoms with Gasteiger partial charge in [-0.3, -0.25) is 4.79 Å². The molecule has 0 saturated carbocycles. The van der Waals surface area contributed by atoms with Crippen molar-refractivity contribution in [2.45, 2.75) is 38.9 Å². The molecule has 0 spiro atoms. The van der Waals surface area contributed by atoms with Crippen LogP contribution in [0.3, 0.4) is 0 Å². The van der Waals surface area contributed by atoms with Gasteiger partial charge in [-0.2, -0.15) is 0 Å². The Balaban J connectivity index is 1.83. The molecule has 1 saturated heterocycles. The van der Waals surface area contributed by atoms with E-state index in [4.69, 9.17) is 15.2 Å². The average Bonchev–Trinajstić information content (AvgIpc) is 2.38. The zero-order valence-corrected chi connectivity index (χ0v) is 13.0. The predicted octanol–water partition coefficient (Wildman–Crippen LogP) is 2.06. The average molecular weight is 292 g/mol. The van der Waals surface area contributed by atoms with Crippen LogP contribution in [0, 0.1) is 0 Å². The molecule has 1 heterocycles. The standard InChI is InChI=1S/C16H24N2O3/c1-12-10-18(11-16(2,3)21-12)15(19)8-9-20-14-7-5-4-6-13(14)17/h4-7,12H,8-11,17H2,1-3H3. The number of carbonyl (C=O) groups excluding carboxylic acids is 1. The first kappa shape index (κ1) is 15.6. The number of rotatable bonds is 4. The van der Waals surface area contributed by atoms with Gasteiger partial charge in [-0.05, 0) is 32.9 Å². The molecule has 2 N–H and O–H groups in total. The maximum Gasteiger partial charge on any atom is 0.226 e. The van der Waals surface area contributed by atoms with Crippen molar-refractivity contribution in [3.63, 3.8) is 0 Å². The third kappa shape index (κ3) is 4.36. The summed E-state index contributed by atoms with van der Waals surface area (Å²) in [5.74, 6) is 0.716. The van der Waals surface area contributed by atoms with Crippen molar-refractivity contribution in [1.82, 2.24) is 4.90 Å². The first-order valence-electron chi connectivity index (χ1n) is 7.30. The number of para-hydroxylation sites is 2. The highest BCUT2D eigenvalue weighted by Crippen LogP contribution is 2.22. The van der Waals surface area contributed by atoms with E-state index in [1.165, 1.54) is 0 Å². The molecule has 21 heavy (non-hydrogen) atoms. The number of morpholine rings is 1. The largest absolute Gasteiger partial charge is 0.491 e. The summed E-state index contributed by atoms with van der Waals surface area (Å²) in [4.78, 5) is 14.1. The SMILES string of the molecule is CC1CN(C(=O)CCOc2ccccc2N)CC(C)(C)O1. The van der Waals surface area contributed by atoms with Crippen LogP contribution < -0.4 is 10.5 Å². The van der Waals surface area contributed by atoms with Gasteiger partial charge in [0, 0.05) is 13.1 Å². The van der Waals surface area contributed by atoms with Crippen LogP contribution in [0.4, 0.5) is 5.69 Å². The fourth-order valence-corrected chi connectivity index (χ4v) is 2.66. The summed E-state index contributed by atoms with van der Waals surface area (Å²) >= 11 is 0. The van der Waals surface area contributed by atoms with Crippen molar-refractivity contribution in [3.05, 3.63) is 24.3 Å². The van der Waals surface area contributed by atoms with E-state index in [1.54, 1.807) is 12.1 Å². The summed E-state index contributed by atoms with van der Waals surface area (Å²) in [7, 11) is 0. The highest BCUT2D eigenvalue weighted by molar-refractivity contribution is 5.76. The summed E-state index contributed by atoms with van der Waals surface area (Å²) < 4.78 is 11.4. The van der Waals surface area contributed by atoms with Gasteiger partial charge in [-0.15, -0.1) is 0 Å². The summed E-state index contributed by atoms with van der Waals surface area (Å²) in [5.41, 5.74) is 6.09. The van der Waals surface area contributed by atoms with Gasteiger partial charge >= 0.3 is 0 Å². The Morgan fingerprint density at radius 2 is 2.19 bits per heavy atom. The Hall–Kier alpha value is -1.75. The lowest BCUT2D eigenvalue weighted by Gasteiger charge is -2.41. The molecule has 2 rings (SSSR count). The van der Waals surface area contributed by atoms with Crippen molar-refractivity contribution in [1.29, 1.82) is 0 Å². The monoisotopic (exact) mass is 292 g/mol. The van der Waals surface area contributed by atoms with Crippen molar-refractivity contribution in [3.8, 4) is 5.75 Å². The highest BCUT2D eigenvalue weighted by Gasteiger charge is 2.33. The van der Waals surface area contributed by atoms with Gasteiger partial charge < -0.3 is 20.1 Å². The van der Waals surface area contributed by atoms with E-state index in [2.05, 4.69) is 0 Å². The Labute approximate surface area is 126 Å². The van der Waals surface area contributed by atoms with E-state index >= 15 is 0 Å². The van der Waals surface area contributed by atoms with Crippen LogP contribution in [0.15, 0.2) is 24.3 Å². The van der Waals surface area contributed by atoms with Crippen molar-refractivity contribution < 1.29 is 14.3 Å². The minimum atomic E-state index is -0.294. The summed E-state index contributed by atoms with van der Waals surface area (Å²) in [6, 6.07) is 7.30. The fourth-order valence-electron chi connectivity index (χ4n) is 2.66. The quantitative estimate of drug-likeness (QED) is 0.863. The third-order valence-corrected chi connectivity index (χ3v) is 3.41. The molecule has 1 aromatic rings. The molecule has 0 aromatic heterocycles. The predicted molar refractivity (Wildman–Crippen MR) is 82.2 cm³/mol. The van der Waals surface area contributed by atoms with Crippen LogP contribution in [0.25, 0.3) is 0 Å². The van der Waals surface area contributed by atoms with Gasteiger partial charge in [-0.1, -0.05) is 12.1 Å². The summed E-state index contributed by atoms with van der Waals surface area (Å²) in [6.45, 7) is 7.58. The molecule has 0 radical (unpaired) electrons. The van der Waals surface area contributed by atoms with Gasteiger partial charge in [0.05, 0.1) is 30.4 Å². The minimum Gasteiger partial charge on any atom is -0.491 e. The van der Waals surface area contributed by atoms with E-state index in [9.17, 15) is 4.79 Å². The number of nitrogens with zero attached hydrogens (tertiary/aromatic N) is 1. The maximum absolute atomic E-state index is 12.3. The lowest BCUT2D eigenvalue weighted by molar-refractivity contribution is -0.158. The normalized spacial score (nSPS) is 21.1. The molecular formula is C16H24N2O3. The summed E-state index contributed by atoms with van der Waals surface area (Å²) in [5, 5.41) is 0. The Morgan fingerprint density at radius 1 is 1.48 bits per heavy atom. The lowest BCUT2D eigenvalue weighted by Crippen LogP contribution is -2.53. The maximum atomic E-state index is 12.3. The second-order valence-electron chi connectivity index (χ2n) is 6.10. The van der Waals surface area contributed by atoms with Crippen molar-refractivity contribution in [2.24, 2.45) is 0 Å². The summed E-state index contributed by atoms with van der Waals surface area (Å²) in [6.07, 6.45) is 0.403. The van der Waals surface area contributed by atoms with Crippen LogP contribution in [0.1, 0.15) is 27.2 Å². The molecule has 1 amide bonds. The Bertz CT molecular complexity index is 502. The zero-order valence-electron chi connectivity index (χ0n) is 13.0. The fraction of sp³-hybridized carbons (Fsp3) is 0.562. The number of anilines is 1. The molecule has 1 aromatic carbocycles. The molecule has 0 bridgehead atoms. The number of nitrogens with two attached hydrogens (primary N) is 1. The van der Waals surface area contributed by atoms with Gasteiger partial charge in [0.15, 0.2) is 0 Å². The van der Waals surface area contributed by atoms with Crippen molar-refractivity contribution in [2.75, 3.05) is 25.4 Å².